The molecule has 1 aromatic rings. The summed E-state index contributed by atoms with van der Waals surface area (Å²) >= 11 is 0. The SMILES string of the molecule is CN1CCN(C)C(CNc2ccc(N)nc2)C1. The van der Waals surface area contributed by atoms with Crippen LogP contribution >= 0.6 is 0 Å². The third-order valence-electron chi connectivity index (χ3n) is 3.31. The van der Waals surface area contributed by atoms with Gasteiger partial charge in [-0.25, -0.2) is 4.98 Å². The van der Waals surface area contributed by atoms with Crippen LogP contribution in [0.15, 0.2) is 18.3 Å². The number of nitrogens with zero attached hydrogens (tertiary/aromatic N) is 3. The van der Waals surface area contributed by atoms with E-state index in [0.717, 1.165) is 31.9 Å². The van der Waals surface area contributed by atoms with Crippen LogP contribution in [0.2, 0.25) is 0 Å². The van der Waals surface area contributed by atoms with Crippen LogP contribution in [0.1, 0.15) is 0 Å². The average molecular weight is 235 g/mol. The molecule has 5 nitrogen and oxygen atoms in total. The third kappa shape index (κ3) is 3.31. The molecule has 17 heavy (non-hydrogen) atoms. The highest BCUT2D eigenvalue weighted by Gasteiger charge is 2.21. The Hall–Kier alpha value is -1.33. The summed E-state index contributed by atoms with van der Waals surface area (Å²) in [6.45, 7) is 4.32. The fraction of sp³-hybridized carbons (Fsp3) is 0.583. The predicted molar refractivity (Wildman–Crippen MR) is 71.1 cm³/mol. The Morgan fingerprint density at radius 3 is 2.94 bits per heavy atom. The van der Waals surface area contributed by atoms with E-state index in [0.29, 0.717) is 11.9 Å². The molecule has 5 heteroatoms. The second kappa shape index (κ2) is 5.33. The molecular formula is C12H21N5. The zero-order valence-electron chi connectivity index (χ0n) is 10.6. The predicted octanol–water partition coefficient (Wildman–Crippen LogP) is 0.322. The number of nitrogens with one attached hydrogen (secondary N) is 1. The van der Waals surface area contributed by atoms with Crippen LogP contribution in [0.4, 0.5) is 11.5 Å². The summed E-state index contributed by atoms with van der Waals surface area (Å²) in [6.07, 6.45) is 1.78. The highest BCUT2D eigenvalue weighted by molar-refractivity contribution is 5.45. The van der Waals surface area contributed by atoms with Crippen LogP contribution in [0.3, 0.4) is 0 Å². The summed E-state index contributed by atoms with van der Waals surface area (Å²) in [6, 6.07) is 4.33. The highest BCUT2D eigenvalue weighted by Crippen LogP contribution is 2.10. The fourth-order valence-corrected chi connectivity index (χ4v) is 2.07. The number of hydrogen-bond acceptors (Lipinski definition) is 5. The Balaban J connectivity index is 1.86. The van der Waals surface area contributed by atoms with E-state index in [1.807, 2.05) is 12.1 Å². The van der Waals surface area contributed by atoms with E-state index in [4.69, 9.17) is 5.73 Å². The van der Waals surface area contributed by atoms with Crippen molar-refractivity contribution in [2.24, 2.45) is 0 Å². The van der Waals surface area contributed by atoms with Gasteiger partial charge in [-0.3, -0.25) is 4.90 Å². The first-order valence-corrected chi connectivity index (χ1v) is 5.99. The van der Waals surface area contributed by atoms with Gasteiger partial charge in [0.1, 0.15) is 5.82 Å². The van der Waals surface area contributed by atoms with Gasteiger partial charge in [0.15, 0.2) is 0 Å². The van der Waals surface area contributed by atoms with Crippen LogP contribution in [-0.4, -0.2) is 61.1 Å². The quantitative estimate of drug-likeness (QED) is 0.790. The summed E-state index contributed by atoms with van der Waals surface area (Å²) in [7, 11) is 4.35. The van der Waals surface area contributed by atoms with Crippen molar-refractivity contribution in [3.8, 4) is 0 Å². The lowest BCUT2D eigenvalue weighted by atomic mass is 10.2. The largest absolute Gasteiger partial charge is 0.384 e. The van der Waals surface area contributed by atoms with Crippen LogP contribution < -0.4 is 11.1 Å². The summed E-state index contributed by atoms with van der Waals surface area (Å²) in [5, 5.41) is 3.41. The molecule has 0 amide bonds. The maximum atomic E-state index is 5.55. The van der Waals surface area contributed by atoms with Gasteiger partial charge >= 0.3 is 0 Å². The van der Waals surface area contributed by atoms with Gasteiger partial charge in [-0.15, -0.1) is 0 Å². The number of nitrogen functional groups attached to an aromatic ring is 1. The molecule has 0 aromatic carbocycles. The summed E-state index contributed by atoms with van der Waals surface area (Å²) in [5.74, 6) is 0.560. The Morgan fingerprint density at radius 1 is 1.41 bits per heavy atom. The van der Waals surface area contributed by atoms with Crippen molar-refractivity contribution in [2.75, 3.05) is 51.3 Å². The molecule has 1 atom stereocenters. The summed E-state index contributed by atoms with van der Waals surface area (Å²) in [4.78, 5) is 8.84. The van der Waals surface area contributed by atoms with Crippen LogP contribution in [0.25, 0.3) is 0 Å². The Kier molecular flexibility index (Phi) is 3.81. The number of likely N-dealkylation sites (N-methyl/N-ethyl adjacent to an activating group) is 2. The Morgan fingerprint density at radius 2 is 2.24 bits per heavy atom. The molecule has 1 saturated heterocycles. The Labute approximate surface area is 103 Å². The van der Waals surface area contributed by atoms with Crippen LogP contribution in [0, 0.1) is 0 Å². The molecule has 0 radical (unpaired) electrons. The van der Waals surface area contributed by atoms with Crippen molar-refractivity contribution in [2.45, 2.75) is 6.04 Å². The lowest BCUT2D eigenvalue weighted by Gasteiger charge is -2.37. The van der Waals surface area contributed by atoms with E-state index in [-0.39, 0.29) is 0 Å². The van der Waals surface area contributed by atoms with Crippen molar-refractivity contribution < 1.29 is 0 Å². The minimum atomic E-state index is 0.548. The van der Waals surface area contributed by atoms with Gasteiger partial charge in [-0.2, -0.15) is 0 Å². The van der Waals surface area contributed by atoms with E-state index in [2.05, 4.69) is 34.2 Å². The molecule has 3 N–H and O–H groups in total. The molecule has 1 aromatic heterocycles. The first-order valence-electron chi connectivity index (χ1n) is 5.99. The standard InChI is InChI=1S/C12H21N5/c1-16-5-6-17(2)11(9-16)8-14-10-3-4-12(13)15-7-10/h3-4,7,11,14H,5-6,8-9H2,1-2H3,(H2,13,15). The lowest BCUT2D eigenvalue weighted by Crippen LogP contribution is -2.52. The van der Waals surface area contributed by atoms with Crippen molar-refractivity contribution >= 4 is 11.5 Å². The number of rotatable bonds is 3. The van der Waals surface area contributed by atoms with E-state index in [1.165, 1.54) is 0 Å². The number of aromatic nitrogens is 1. The summed E-state index contributed by atoms with van der Waals surface area (Å²) < 4.78 is 0. The van der Waals surface area contributed by atoms with Gasteiger partial charge < -0.3 is 16.0 Å². The molecule has 2 rings (SSSR count). The molecule has 0 saturated carbocycles. The zero-order valence-corrected chi connectivity index (χ0v) is 10.6. The molecule has 0 bridgehead atoms. The van der Waals surface area contributed by atoms with Gasteiger partial charge in [0.05, 0.1) is 11.9 Å². The van der Waals surface area contributed by atoms with Gasteiger partial charge in [0.2, 0.25) is 0 Å². The van der Waals surface area contributed by atoms with E-state index >= 15 is 0 Å². The van der Waals surface area contributed by atoms with Crippen molar-refractivity contribution in [3.05, 3.63) is 18.3 Å². The maximum Gasteiger partial charge on any atom is 0.123 e. The molecule has 94 valence electrons. The van der Waals surface area contributed by atoms with Crippen molar-refractivity contribution in [1.29, 1.82) is 0 Å². The number of anilines is 2. The number of hydrogen-bond donors (Lipinski definition) is 2. The molecule has 1 aliphatic heterocycles. The number of piperazine rings is 1. The van der Waals surface area contributed by atoms with Gasteiger partial charge in [-0.05, 0) is 26.2 Å². The van der Waals surface area contributed by atoms with Crippen LogP contribution in [0.5, 0.6) is 0 Å². The first-order chi connectivity index (χ1) is 8.15. The zero-order chi connectivity index (χ0) is 12.3. The maximum absolute atomic E-state index is 5.55. The van der Waals surface area contributed by atoms with Crippen molar-refractivity contribution in [1.82, 2.24) is 14.8 Å². The minimum absolute atomic E-state index is 0.548. The number of pyridine rings is 1. The Bertz CT molecular complexity index is 350. The third-order valence-corrected chi connectivity index (χ3v) is 3.31. The monoisotopic (exact) mass is 235 g/mol. The van der Waals surface area contributed by atoms with Gasteiger partial charge in [0, 0.05) is 32.2 Å². The summed E-state index contributed by atoms with van der Waals surface area (Å²) in [5.41, 5.74) is 6.58. The molecule has 1 unspecified atom stereocenters. The first kappa shape index (κ1) is 12.1. The van der Waals surface area contributed by atoms with Gasteiger partial charge in [-0.1, -0.05) is 0 Å². The second-order valence-electron chi connectivity index (χ2n) is 4.75. The topological polar surface area (TPSA) is 57.4 Å². The molecule has 1 aliphatic rings. The van der Waals surface area contributed by atoms with Crippen LogP contribution in [-0.2, 0) is 0 Å². The van der Waals surface area contributed by atoms with E-state index in [9.17, 15) is 0 Å². The minimum Gasteiger partial charge on any atom is -0.384 e. The van der Waals surface area contributed by atoms with Crippen molar-refractivity contribution in [3.63, 3.8) is 0 Å². The molecule has 1 fully saturated rings. The molecule has 0 spiro atoms. The lowest BCUT2D eigenvalue weighted by molar-refractivity contribution is 0.122. The molecule has 2 heterocycles. The second-order valence-corrected chi connectivity index (χ2v) is 4.75. The normalized spacial score (nSPS) is 22.6. The smallest absolute Gasteiger partial charge is 0.123 e. The fourth-order valence-electron chi connectivity index (χ4n) is 2.07. The number of nitrogens with two attached hydrogens (primary N) is 1. The van der Waals surface area contributed by atoms with E-state index < -0.39 is 0 Å². The molecule has 0 aliphatic carbocycles. The average Bonchev–Trinajstić information content (AvgIpc) is 2.32. The van der Waals surface area contributed by atoms with E-state index in [1.54, 1.807) is 6.20 Å². The molecular weight excluding hydrogens is 214 g/mol. The van der Waals surface area contributed by atoms with Gasteiger partial charge in [0.25, 0.3) is 0 Å². The highest BCUT2D eigenvalue weighted by atomic mass is 15.3.